The van der Waals surface area contributed by atoms with Gasteiger partial charge in [0.25, 0.3) is 0 Å². The van der Waals surface area contributed by atoms with Crippen LogP contribution in [0.25, 0.3) is 0 Å². The summed E-state index contributed by atoms with van der Waals surface area (Å²) < 4.78 is 6.02. The highest BCUT2D eigenvalue weighted by Crippen LogP contribution is 2.34. The highest BCUT2D eigenvalue weighted by molar-refractivity contribution is 9.08. The average Bonchev–Trinajstić information content (AvgIpc) is 2.39. The van der Waals surface area contributed by atoms with Gasteiger partial charge in [-0.3, -0.25) is 0 Å². The van der Waals surface area contributed by atoms with Crippen LogP contribution in [0, 0.1) is 0 Å². The summed E-state index contributed by atoms with van der Waals surface area (Å²) in [6.07, 6.45) is 1.75. The van der Waals surface area contributed by atoms with Crippen molar-refractivity contribution in [3.63, 3.8) is 0 Å². The van der Waals surface area contributed by atoms with Crippen LogP contribution in [0.2, 0.25) is 0 Å². The Labute approximate surface area is 123 Å². The van der Waals surface area contributed by atoms with Crippen LogP contribution in [0.3, 0.4) is 0 Å². The Morgan fingerprint density at radius 3 is 2.53 bits per heavy atom. The molecule has 0 amide bonds. The van der Waals surface area contributed by atoms with Crippen LogP contribution < -0.4 is 4.74 Å². The van der Waals surface area contributed by atoms with Crippen LogP contribution >= 0.6 is 15.9 Å². The molecule has 0 bridgehead atoms. The number of ether oxygens (including phenoxy) is 1. The fraction of sp³-hybridized carbons (Fsp3) is 0.312. The van der Waals surface area contributed by atoms with Crippen molar-refractivity contribution in [3.05, 3.63) is 53.7 Å². The smallest absolute Gasteiger partial charge is 0.223 e. The van der Waals surface area contributed by atoms with Gasteiger partial charge < -0.3 is 4.74 Å². The van der Waals surface area contributed by atoms with Crippen molar-refractivity contribution in [3.8, 4) is 11.6 Å². The largest absolute Gasteiger partial charge is 0.438 e. The Bertz CT molecular complexity index is 561. The van der Waals surface area contributed by atoms with E-state index in [1.807, 2.05) is 30.3 Å². The molecule has 0 unspecified atom stereocenters. The third-order valence-electron chi connectivity index (χ3n) is 2.90. The zero-order valence-corrected chi connectivity index (χ0v) is 13.1. The van der Waals surface area contributed by atoms with Gasteiger partial charge in [0.1, 0.15) is 5.75 Å². The molecule has 0 N–H and O–H groups in total. The van der Waals surface area contributed by atoms with Gasteiger partial charge in [0.2, 0.25) is 5.88 Å². The highest BCUT2D eigenvalue weighted by Gasteiger charge is 2.19. The lowest BCUT2D eigenvalue weighted by Gasteiger charge is -2.22. The van der Waals surface area contributed by atoms with E-state index < -0.39 is 0 Å². The molecule has 0 aliphatic heterocycles. The van der Waals surface area contributed by atoms with E-state index in [2.05, 4.69) is 47.8 Å². The molecular formula is C16H18BrNO. The van der Waals surface area contributed by atoms with Crippen molar-refractivity contribution in [1.29, 1.82) is 0 Å². The van der Waals surface area contributed by atoms with Crippen molar-refractivity contribution < 1.29 is 4.74 Å². The van der Waals surface area contributed by atoms with Gasteiger partial charge in [-0.1, -0.05) is 61.0 Å². The first-order valence-electron chi connectivity index (χ1n) is 6.29. The Hall–Kier alpha value is -1.35. The molecule has 2 aromatic rings. The molecule has 3 heteroatoms. The predicted molar refractivity (Wildman–Crippen MR) is 82.1 cm³/mol. The molecular weight excluding hydrogens is 302 g/mol. The van der Waals surface area contributed by atoms with Crippen LogP contribution in [0.4, 0.5) is 0 Å². The van der Waals surface area contributed by atoms with E-state index >= 15 is 0 Å². The lowest BCUT2D eigenvalue weighted by Crippen LogP contribution is -2.12. The summed E-state index contributed by atoms with van der Waals surface area (Å²) in [5.74, 6) is 1.53. The Balaban J connectivity index is 2.39. The maximum absolute atomic E-state index is 6.02. The number of hydrogen-bond acceptors (Lipinski definition) is 2. The fourth-order valence-corrected chi connectivity index (χ4v) is 2.32. The number of alkyl halides is 1. The number of benzene rings is 1. The van der Waals surface area contributed by atoms with Crippen LogP contribution in [0.15, 0.2) is 42.6 Å². The minimum Gasteiger partial charge on any atom is -0.438 e. The monoisotopic (exact) mass is 319 g/mol. The number of para-hydroxylation sites is 1. The Kier molecular flexibility index (Phi) is 4.25. The molecule has 0 atom stereocenters. The average molecular weight is 320 g/mol. The number of rotatable bonds is 3. The van der Waals surface area contributed by atoms with Crippen LogP contribution in [0.5, 0.6) is 11.6 Å². The predicted octanol–water partition coefficient (Wildman–Crippen LogP) is 5.07. The SMILES string of the molecule is CC(C)(C)c1ccccc1Oc1ncccc1CBr. The third kappa shape index (κ3) is 3.35. The maximum Gasteiger partial charge on any atom is 0.223 e. The second kappa shape index (κ2) is 5.74. The summed E-state index contributed by atoms with van der Waals surface area (Å²) in [6, 6.07) is 12.0. The molecule has 2 nitrogen and oxygen atoms in total. The van der Waals surface area contributed by atoms with Gasteiger partial charge in [0, 0.05) is 22.7 Å². The van der Waals surface area contributed by atoms with Crippen LogP contribution in [-0.4, -0.2) is 4.98 Å². The first kappa shape index (κ1) is 14.1. The maximum atomic E-state index is 6.02. The minimum absolute atomic E-state index is 0.0416. The first-order chi connectivity index (χ1) is 9.02. The normalized spacial score (nSPS) is 11.4. The van der Waals surface area contributed by atoms with Crippen LogP contribution in [0.1, 0.15) is 31.9 Å². The van der Waals surface area contributed by atoms with Crippen LogP contribution in [-0.2, 0) is 10.7 Å². The van der Waals surface area contributed by atoms with Gasteiger partial charge in [-0.15, -0.1) is 0 Å². The number of nitrogens with zero attached hydrogens (tertiary/aromatic N) is 1. The molecule has 0 radical (unpaired) electrons. The van der Waals surface area contributed by atoms with E-state index in [-0.39, 0.29) is 5.41 Å². The lowest BCUT2D eigenvalue weighted by atomic mass is 9.86. The van der Waals surface area contributed by atoms with Gasteiger partial charge in [0.15, 0.2) is 0 Å². The highest BCUT2D eigenvalue weighted by atomic mass is 79.9. The number of hydrogen-bond donors (Lipinski definition) is 0. The number of aromatic nitrogens is 1. The second-order valence-electron chi connectivity index (χ2n) is 5.45. The topological polar surface area (TPSA) is 22.1 Å². The standard InChI is InChI=1S/C16H18BrNO/c1-16(2,3)13-8-4-5-9-14(13)19-15-12(11-17)7-6-10-18-15/h4-10H,11H2,1-3H3. The molecule has 1 aromatic carbocycles. The van der Waals surface area contributed by atoms with Crippen molar-refractivity contribution in [2.75, 3.05) is 0 Å². The molecule has 0 aliphatic carbocycles. The summed E-state index contributed by atoms with van der Waals surface area (Å²) in [4.78, 5) is 4.32. The van der Waals surface area contributed by atoms with Gasteiger partial charge in [-0.25, -0.2) is 4.98 Å². The molecule has 19 heavy (non-hydrogen) atoms. The quantitative estimate of drug-likeness (QED) is 0.737. The Morgan fingerprint density at radius 1 is 1.11 bits per heavy atom. The number of pyridine rings is 1. The van der Waals surface area contributed by atoms with Gasteiger partial charge in [-0.05, 0) is 17.5 Å². The first-order valence-corrected chi connectivity index (χ1v) is 7.42. The molecule has 1 heterocycles. The summed E-state index contributed by atoms with van der Waals surface area (Å²) >= 11 is 3.46. The lowest BCUT2D eigenvalue weighted by molar-refractivity contribution is 0.436. The van der Waals surface area contributed by atoms with E-state index in [9.17, 15) is 0 Å². The summed E-state index contributed by atoms with van der Waals surface area (Å²) in [6.45, 7) is 6.54. The molecule has 0 fully saturated rings. The summed E-state index contributed by atoms with van der Waals surface area (Å²) in [7, 11) is 0. The molecule has 0 saturated heterocycles. The van der Waals surface area contributed by atoms with Gasteiger partial charge in [0.05, 0.1) is 0 Å². The van der Waals surface area contributed by atoms with Gasteiger partial charge in [-0.2, -0.15) is 0 Å². The molecule has 100 valence electrons. The van der Waals surface area contributed by atoms with Crippen molar-refractivity contribution >= 4 is 15.9 Å². The molecule has 0 saturated carbocycles. The van der Waals surface area contributed by atoms with Crippen molar-refractivity contribution in [1.82, 2.24) is 4.98 Å². The summed E-state index contributed by atoms with van der Waals surface area (Å²) in [5.41, 5.74) is 2.27. The molecule has 1 aromatic heterocycles. The van der Waals surface area contributed by atoms with Crippen molar-refractivity contribution in [2.45, 2.75) is 31.5 Å². The zero-order chi connectivity index (χ0) is 13.9. The minimum atomic E-state index is 0.0416. The molecule has 0 spiro atoms. The van der Waals surface area contributed by atoms with E-state index in [1.54, 1.807) is 6.20 Å². The van der Waals surface area contributed by atoms with E-state index in [0.717, 1.165) is 16.6 Å². The summed E-state index contributed by atoms with van der Waals surface area (Å²) in [5, 5.41) is 0.730. The number of halogens is 1. The molecule has 0 aliphatic rings. The zero-order valence-electron chi connectivity index (χ0n) is 11.5. The van der Waals surface area contributed by atoms with E-state index in [0.29, 0.717) is 5.88 Å². The Morgan fingerprint density at radius 2 is 1.84 bits per heavy atom. The fourth-order valence-electron chi connectivity index (χ4n) is 1.90. The third-order valence-corrected chi connectivity index (χ3v) is 3.50. The van der Waals surface area contributed by atoms with Crippen molar-refractivity contribution in [2.24, 2.45) is 0 Å². The molecule has 2 rings (SSSR count). The van der Waals surface area contributed by atoms with Gasteiger partial charge >= 0.3 is 0 Å². The second-order valence-corrected chi connectivity index (χ2v) is 6.01. The van der Waals surface area contributed by atoms with E-state index in [1.165, 1.54) is 5.56 Å². The van der Waals surface area contributed by atoms with E-state index in [4.69, 9.17) is 4.74 Å².